The fourth-order valence-electron chi connectivity index (χ4n) is 1.65. The molecule has 1 aliphatic rings. The monoisotopic (exact) mass is 231 g/mol. The van der Waals surface area contributed by atoms with Gasteiger partial charge in [0.2, 0.25) is 5.89 Å². The number of nitrogens with two attached hydrogens (primary N) is 1. The lowest BCUT2D eigenvalue weighted by Crippen LogP contribution is -2.22. The second-order valence-corrected chi connectivity index (χ2v) is 5.98. The van der Waals surface area contributed by atoms with E-state index in [-0.39, 0.29) is 24.0 Å². The summed E-state index contributed by atoms with van der Waals surface area (Å²) in [5.41, 5.74) is 5.35. The lowest BCUT2D eigenvalue weighted by atomic mass is 10.0. The molecule has 0 unspecified atom stereocenters. The summed E-state index contributed by atoms with van der Waals surface area (Å²) in [6.07, 6.45) is 1.13. The van der Waals surface area contributed by atoms with Crippen molar-refractivity contribution in [1.82, 2.24) is 10.1 Å². The second-order valence-electron chi connectivity index (χ2n) is 3.68. The SMILES string of the molecule is NCc1noc(C2CCS(=O)(=O)CC2)n1. The van der Waals surface area contributed by atoms with Gasteiger partial charge in [-0.15, -0.1) is 0 Å². The van der Waals surface area contributed by atoms with Gasteiger partial charge < -0.3 is 10.3 Å². The van der Waals surface area contributed by atoms with Crippen LogP contribution in [0.15, 0.2) is 4.52 Å². The molecule has 1 aliphatic heterocycles. The lowest BCUT2D eigenvalue weighted by Gasteiger charge is -2.17. The molecule has 0 saturated carbocycles. The van der Waals surface area contributed by atoms with Crippen LogP contribution in [0.5, 0.6) is 0 Å². The molecule has 1 aromatic rings. The van der Waals surface area contributed by atoms with Crippen LogP contribution in [0.25, 0.3) is 0 Å². The molecule has 0 radical (unpaired) electrons. The van der Waals surface area contributed by atoms with E-state index >= 15 is 0 Å². The minimum Gasteiger partial charge on any atom is -0.339 e. The van der Waals surface area contributed by atoms with E-state index < -0.39 is 9.84 Å². The van der Waals surface area contributed by atoms with Gasteiger partial charge in [0.1, 0.15) is 9.84 Å². The molecule has 0 spiro atoms. The molecule has 0 aromatic carbocycles. The quantitative estimate of drug-likeness (QED) is 0.758. The fourth-order valence-corrected chi connectivity index (χ4v) is 3.14. The average Bonchev–Trinajstić information content (AvgIpc) is 2.66. The fraction of sp³-hybridized carbons (Fsp3) is 0.750. The van der Waals surface area contributed by atoms with Crippen LogP contribution in [0.4, 0.5) is 0 Å². The Morgan fingerprint density at radius 1 is 1.40 bits per heavy atom. The Balaban J connectivity index is 2.07. The Labute approximate surface area is 87.8 Å². The molecule has 0 bridgehead atoms. The Hall–Kier alpha value is -0.950. The normalized spacial score (nSPS) is 21.7. The molecule has 84 valence electrons. The zero-order chi connectivity index (χ0) is 10.9. The van der Waals surface area contributed by atoms with E-state index in [1.807, 2.05) is 0 Å². The molecule has 1 fully saturated rings. The molecular formula is C8H13N3O3S. The summed E-state index contributed by atoms with van der Waals surface area (Å²) in [7, 11) is -2.84. The first-order valence-electron chi connectivity index (χ1n) is 4.84. The summed E-state index contributed by atoms with van der Waals surface area (Å²) in [5.74, 6) is 1.47. The second kappa shape index (κ2) is 3.90. The number of rotatable bonds is 2. The highest BCUT2D eigenvalue weighted by Crippen LogP contribution is 2.27. The van der Waals surface area contributed by atoms with Crippen LogP contribution < -0.4 is 5.73 Å². The highest BCUT2D eigenvalue weighted by Gasteiger charge is 2.28. The number of hydrogen-bond donors (Lipinski definition) is 1. The molecule has 1 aromatic heterocycles. The smallest absolute Gasteiger partial charge is 0.229 e. The van der Waals surface area contributed by atoms with E-state index in [9.17, 15) is 8.42 Å². The van der Waals surface area contributed by atoms with Crippen LogP contribution in [0.2, 0.25) is 0 Å². The topological polar surface area (TPSA) is 99.1 Å². The van der Waals surface area contributed by atoms with Crippen LogP contribution in [-0.4, -0.2) is 30.1 Å². The van der Waals surface area contributed by atoms with E-state index in [0.717, 1.165) is 0 Å². The third-order valence-corrected chi connectivity index (χ3v) is 4.29. The van der Waals surface area contributed by atoms with Gasteiger partial charge in [-0.2, -0.15) is 4.98 Å². The molecule has 2 heterocycles. The third kappa shape index (κ3) is 2.35. The maximum Gasteiger partial charge on any atom is 0.229 e. The van der Waals surface area contributed by atoms with E-state index in [1.54, 1.807) is 0 Å². The van der Waals surface area contributed by atoms with Crippen molar-refractivity contribution in [2.24, 2.45) is 5.73 Å². The number of hydrogen-bond acceptors (Lipinski definition) is 6. The minimum atomic E-state index is -2.84. The molecule has 6 nitrogen and oxygen atoms in total. The predicted octanol–water partition coefficient (Wildman–Crippen LogP) is -0.180. The standard InChI is InChI=1S/C8H13N3O3S/c9-5-7-10-8(14-11-7)6-1-3-15(12,13)4-2-6/h6H,1-5,9H2. The largest absolute Gasteiger partial charge is 0.339 e. The molecule has 2 N–H and O–H groups in total. The maximum atomic E-state index is 11.2. The van der Waals surface area contributed by atoms with Crippen molar-refractivity contribution in [2.75, 3.05) is 11.5 Å². The van der Waals surface area contributed by atoms with Gasteiger partial charge in [-0.1, -0.05) is 5.16 Å². The van der Waals surface area contributed by atoms with Gasteiger partial charge in [0, 0.05) is 5.92 Å². The van der Waals surface area contributed by atoms with Gasteiger partial charge in [0.05, 0.1) is 18.1 Å². The van der Waals surface area contributed by atoms with Crippen molar-refractivity contribution >= 4 is 9.84 Å². The molecule has 15 heavy (non-hydrogen) atoms. The van der Waals surface area contributed by atoms with Crippen LogP contribution in [-0.2, 0) is 16.4 Å². The first-order valence-corrected chi connectivity index (χ1v) is 6.66. The molecule has 0 aliphatic carbocycles. The Kier molecular flexibility index (Phi) is 2.74. The summed E-state index contributed by atoms with van der Waals surface area (Å²) in [6.45, 7) is 0.245. The molecule has 7 heteroatoms. The molecule has 1 saturated heterocycles. The number of aromatic nitrogens is 2. The van der Waals surface area contributed by atoms with Crippen LogP contribution in [0.1, 0.15) is 30.5 Å². The number of nitrogens with zero attached hydrogens (tertiary/aromatic N) is 2. The van der Waals surface area contributed by atoms with Crippen molar-refractivity contribution in [3.05, 3.63) is 11.7 Å². The summed E-state index contributed by atoms with van der Waals surface area (Å²) in [5, 5.41) is 3.69. The van der Waals surface area contributed by atoms with Gasteiger partial charge in [0.25, 0.3) is 0 Å². The molecule has 2 rings (SSSR count). The maximum absolute atomic E-state index is 11.2. The lowest BCUT2D eigenvalue weighted by molar-refractivity contribution is 0.340. The zero-order valence-electron chi connectivity index (χ0n) is 8.22. The third-order valence-electron chi connectivity index (χ3n) is 2.57. The van der Waals surface area contributed by atoms with E-state index in [2.05, 4.69) is 10.1 Å². The van der Waals surface area contributed by atoms with Crippen molar-refractivity contribution < 1.29 is 12.9 Å². The van der Waals surface area contributed by atoms with Crippen molar-refractivity contribution in [3.63, 3.8) is 0 Å². The molecule has 0 amide bonds. The summed E-state index contributed by atoms with van der Waals surface area (Å²) in [6, 6.07) is 0. The zero-order valence-corrected chi connectivity index (χ0v) is 9.03. The Morgan fingerprint density at radius 3 is 2.60 bits per heavy atom. The van der Waals surface area contributed by atoms with Gasteiger partial charge in [0.15, 0.2) is 5.82 Å². The van der Waals surface area contributed by atoms with E-state index in [0.29, 0.717) is 24.6 Å². The first-order chi connectivity index (χ1) is 7.11. The summed E-state index contributed by atoms with van der Waals surface area (Å²) < 4.78 is 27.4. The van der Waals surface area contributed by atoms with Crippen molar-refractivity contribution in [2.45, 2.75) is 25.3 Å². The van der Waals surface area contributed by atoms with E-state index in [4.69, 9.17) is 10.3 Å². The average molecular weight is 231 g/mol. The van der Waals surface area contributed by atoms with Crippen molar-refractivity contribution in [1.29, 1.82) is 0 Å². The minimum absolute atomic E-state index is 0.0707. The highest BCUT2D eigenvalue weighted by atomic mass is 32.2. The van der Waals surface area contributed by atoms with Crippen LogP contribution in [0, 0.1) is 0 Å². The van der Waals surface area contributed by atoms with Gasteiger partial charge in [-0.05, 0) is 12.8 Å². The van der Waals surface area contributed by atoms with Gasteiger partial charge in [-0.25, -0.2) is 8.42 Å². The molecular weight excluding hydrogens is 218 g/mol. The Morgan fingerprint density at radius 2 is 2.07 bits per heavy atom. The van der Waals surface area contributed by atoms with Gasteiger partial charge in [-0.3, -0.25) is 0 Å². The summed E-state index contributed by atoms with van der Waals surface area (Å²) in [4.78, 5) is 4.10. The van der Waals surface area contributed by atoms with Crippen molar-refractivity contribution in [3.8, 4) is 0 Å². The van der Waals surface area contributed by atoms with Crippen LogP contribution in [0.3, 0.4) is 0 Å². The van der Waals surface area contributed by atoms with E-state index in [1.165, 1.54) is 0 Å². The predicted molar refractivity (Wildman–Crippen MR) is 52.8 cm³/mol. The molecule has 0 atom stereocenters. The summed E-state index contributed by atoms with van der Waals surface area (Å²) >= 11 is 0. The van der Waals surface area contributed by atoms with Crippen LogP contribution >= 0.6 is 0 Å². The first kappa shape index (κ1) is 10.6. The highest BCUT2D eigenvalue weighted by molar-refractivity contribution is 7.91. The number of sulfone groups is 1. The van der Waals surface area contributed by atoms with Gasteiger partial charge >= 0.3 is 0 Å². The Bertz CT molecular complexity index is 426.